The summed E-state index contributed by atoms with van der Waals surface area (Å²) >= 11 is 7.75. The van der Waals surface area contributed by atoms with E-state index in [1.165, 1.54) is 4.88 Å². The predicted octanol–water partition coefficient (Wildman–Crippen LogP) is 3.79. The molecular weight excluding hydrogens is 254 g/mol. The van der Waals surface area contributed by atoms with Crippen LogP contribution in [0.15, 0.2) is 36.4 Å². The van der Waals surface area contributed by atoms with Gasteiger partial charge in [0, 0.05) is 16.3 Å². The molecule has 1 heterocycles. The van der Waals surface area contributed by atoms with E-state index in [0.29, 0.717) is 17.3 Å². The lowest BCUT2D eigenvalue weighted by atomic mass is 10.2. The van der Waals surface area contributed by atoms with Crippen molar-refractivity contribution in [3.05, 3.63) is 51.2 Å². The Bertz CT molecular complexity index is 498. The van der Waals surface area contributed by atoms with Crippen LogP contribution in [-0.4, -0.2) is 6.54 Å². The molecule has 0 saturated heterocycles. The number of benzene rings is 1. The van der Waals surface area contributed by atoms with E-state index >= 15 is 0 Å². The molecule has 2 N–H and O–H groups in total. The van der Waals surface area contributed by atoms with Crippen LogP contribution in [0.4, 0.5) is 0 Å². The number of halogens is 1. The summed E-state index contributed by atoms with van der Waals surface area (Å²) < 4.78 is 5.85. The molecule has 0 radical (unpaired) electrons. The lowest BCUT2D eigenvalue weighted by Crippen LogP contribution is -2.17. The number of rotatable bonds is 4. The van der Waals surface area contributed by atoms with Gasteiger partial charge in [-0.05, 0) is 31.2 Å². The van der Waals surface area contributed by atoms with Crippen molar-refractivity contribution in [3.8, 4) is 5.75 Å². The second kappa shape index (κ2) is 5.54. The number of thiophene rings is 1. The Labute approximate surface area is 110 Å². The highest BCUT2D eigenvalue weighted by Crippen LogP contribution is 2.30. The number of hydrogen-bond donors (Lipinski definition) is 1. The van der Waals surface area contributed by atoms with E-state index in [9.17, 15) is 0 Å². The third-order valence-corrected chi connectivity index (χ3v) is 3.80. The van der Waals surface area contributed by atoms with E-state index in [1.807, 2.05) is 30.3 Å². The van der Waals surface area contributed by atoms with Gasteiger partial charge in [0.05, 0.1) is 5.02 Å². The number of para-hydroxylation sites is 1. The van der Waals surface area contributed by atoms with Gasteiger partial charge in [-0.1, -0.05) is 23.7 Å². The minimum absolute atomic E-state index is 0.131. The molecule has 0 saturated carbocycles. The van der Waals surface area contributed by atoms with Crippen LogP contribution < -0.4 is 10.5 Å². The van der Waals surface area contributed by atoms with Crippen LogP contribution in [0.5, 0.6) is 5.75 Å². The Morgan fingerprint density at radius 3 is 2.65 bits per heavy atom. The van der Waals surface area contributed by atoms with Gasteiger partial charge in [0.1, 0.15) is 11.9 Å². The average molecular weight is 268 g/mol. The lowest BCUT2D eigenvalue weighted by Gasteiger charge is -2.16. The SMILES string of the molecule is Cc1ccc(C(CN)Oc2ccccc2Cl)s1. The van der Waals surface area contributed by atoms with Gasteiger partial charge in [-0.15, -0.1) is 11.3 Å². The molecule has 0 aliphatic rings. The number of nitrogens with two attached hydrogens (primary N) is 1. The molecule has 1 atom stereocenters. The van der Waals surface area contributed by atoms with Crippen LogP contribution in [-0.2, 0) is 0 Å². The maximum atomic E-state index is 6.06. The summed E-state index contributed by atoms with van der Waals surface area (Å²) in [4.78, 5) is 2.38. The van der Waals surface area contributed by atoms with Crippen LogP contribution in [0, 0.1) is 6.92 Å². The third-order valence-electron chi connectivity index (χ3n) is 2.40. The molecule has 0 aliphatic heterocycles. The van der Waals surface area contributed by atoms with Gasteiger partial charge in [0.15, 0.2) is 0 Å². The summed E-state index contributed by atoms with van der Waals surface area (Å²) in [6.07, 6.45) is -0.131. The van der Waals surface area contributed by atoms with E-state index in [-0.39, 0.29) is 6.10 Å². The van der Waals surface area contributed by atoms with Crippen molar-refractivity contribution in [1.29, 1.82) is 0 Å². The van der Waals surface area contributed by atoms with Crippen molar-refractivity contribution in [3.63, 3.8) is 0 Å². The standard InChI is InChI=1S/C13H14ClNOS/c1-9-6-7-13(17-9)12(8-15)16-11-5-3-2-4-10(11)14/h2-7,12H,8,15H2,1H3. The van der Waals surface area contributed by atoms with Crippen LogP contribution in [0.2, 0.25) is 5.02 Å². The lowest BCUT2D eigenvalue weighted by molar-refractivity contribution is 0.218. The summed E-state index contributed by atoms with van der Waals surface area (Å²) in [5.41, 5.74) is 5.75. The van der Waals surface area contributed by atoms with E-state index in [2.05, 4.69) is 13.0 Å². The van der Waals surface area contributed by atoms with Gasteiger partial charge in [0.25, 0.3) is 0 Å². The fourth-order valence-corrected chi connectivity index (χ4v) is 2.64. The Hall–Kier alpha value is -1.03. The topological polar surface area (TPSA) is 35.2 Å². The molecule has 17 heavy (non-hydrogen) atoms. The maximum absolute atomic E-state index is 6.06. The second-order valence-corrected chi connectivity index (χ2v) is 5.45. The molecule has 1 aromatic heterocycles. The van der Waals surface area contributed by atoms with Crippen molar-refractivity contribution >= 4 is 22.9 Å². The van der Waals surface area contributed by atoms with Crippen LogP contribution in [0.1, 0.15) is 15.9 Å². The fraction of sp³-hybridized carbons (Fsp3) is 0.231. The van der Waals surface area contributed by atoms with E-state index in [0.717, 1.165) is 4.88 Å². The normalized spacial score (nSPS) is 12.4. The van der Waals surface area contributed by atoms with Gasteiger partial charge in [-0.2, -0.15) is 0 Å². The molecular formula is C13H14ClNOS. The molecule has 2 rings (SSSR count). The Balaban J connectivity index is 2.18. The van der Waals surface area contributed by atoms with E-state index in [4.69, 9.17) is 22.1 Å². The van der Waals surface area contributed by atoms with Crippen molar-refractivity contribution in [1.82, 2.24) is 0 Å². The van der Waals surface area contributed by atoms with Gasteiger partial charge in [0.2, 0.25) is 0 Å². The zero-order valence-electron chi connectivity index (χ0n) is 9.52. The first-order valence-electron chi connectivity index (χ1n) is 5.38. The Morgan fingerprint density at radius 1 is 1.29 bits per heavy atom. The van der Waals surface area contributed by atoms with Crippen molar-refractivity contribution < 1.29 is 4.74 Å². The first-order chi connectivity index (χ1) is 8.20. The summed E-state index contributed by atoms with van der Waals surface area (Å²) in [5, 5.41) is 0.610. The van der Waals surface area contributed by atoms with Crippen LogP contribution in [0.25, 0.3) is 0 Å². The maximum Gasteiger partial charge on any atom is 0.145 e. The smallest absolute Gasteiger partial charge is 0.145 e. The Morgan fingerprint density at radius 2 is 2.06 bits per heavy atom. The first kappa shape index (κ1) is 12.4. The second-order valence-electron chi connectivity index (χ2n) is 3.72. The highest BCUT2D eigenvalue weighted by Gasteiger charge is 2.14. The molecule has 2 nitrogen and oxygen atoms in total. The zero-order chi connectivity index (χ0) is 12.3. The molecule has 0 amide bonds. The highest BCUT2D eigenvalue weighted by molar-refractivity contribution is 7.12. The zero-order valence-corrected chi connectivity index (χ0v) is 11.1. The van der Waals surface area contributed by atoms with E-state index in [1.54, 1.807) is 11.3 Å². The Kier molecular flexibility index (Phi) is 4.05. The molecule has 0 fully saturated rings. The molecule has 2 aromatic rings. The molecule has 1 unspecified atom stereocenters. The van der Waals surface area contributed by atoms with Crippen LogP contribution in [0.3, 0.4) is 0 Å². The summed E-state index contributed by atoms with van der Waals surface area (Å²) in [6.45, 7) is 2.50. The fourth-order valence-electron chi connectivity index (χ4n) is 1.54. The largest absolute Gasteiger partial charge is 0.482 e. The molecule has 90 valence electrons. The summed E-state index contributed by atoms with van der Waals surface area (Å²) in [6, 6.07) is 11.6. The molecule has 4 heteroatoms. The van der Waals surface area contributed by atoms with E-state index < -0.39 is 0 Å². The minimum atomic E-state index is -0.131. The molecule has 0 aliphatic carbocycles. The summed E-state index contributed by atoms with van der Waals surface area (Å²) in [5.74, 6) is 0.677. The van der Waals surface area contributed by atoms with Crippen molar-refractivity contribution in [2.24, 2.45) is 5.73 Å². The van der Waals surface area contributed by atoms with Crippen molar-refractivity contribution in [2.75, 3.05) is 6.54 Å². The molecule has 0 spiro atoms. The third kappa shape index (κ3) is 3.00. The van der Waals surface area contributed by atoms with Gasteiger partial charge < -0.3 is 10.5 Å². The number of hydrogen-bond acceptors (Lipinski definition) is 3. The first-order valence-corrected chi connectivity index (χ1v) is 6.57. The minimum Gasteiger partial charge on any atom is -0.482 e. The monoisotopic (exact) mass is 267 g/mol. The van der Waals surface area contributed by atoms with Crippen LogP contribution >= 0.6 is 22.9 Å². The van der Waals surface area contributed by atoms with Gasteiger partial charge in [-0.3, -0.25) is 0 Å². The van der Waals surface area contributed by atoms with Gasteiger partial charge >= 0.3 is 0 Å². The average Bonchev–Trinajstić information content (AvgIpc) is 2.75. The van der Waals surface area contributed by atoms with Crippen molar-refractivity contribution in [2.45, 2.75) is 13.0 Å². The number of aryl methyl sites for hydroxylation is 1. The quantitative estimate of drug-likeness (QED) is 0.915. The van der Waals surface area contributed by atoms with Gasteiger partial charge in [-0.25, -0.2) is 0 Å². The molecule has 1 aromatic carbocycles. The number of ether oxygens (including phenoxy) is 1. The highest BCUT2D eigenvalue weighted by atomic mass is 35.5. The predicted molar refractivity (Wildman–Crippen MR) is 72.9 cm³/mol. The molecule has 0 bridgehead atoms. The summed E-state index contributed by atoms with van der Waals surface area (Å²) in [7, 11) is 0.